The molecule has 0 spiro atoms. The van der Waals surface area contributed by atoms with Gasteiger partial charge in [0.1, 0.15) is 0 Å². The molecule has 1 aromatic carbocycles. The Morgan fingerprint density at radius 1 is 1.38 bits per heavy atom. The van der Waals surface area contributed by atoms with E-state index in [2.05, 4.69) is 10.4 Å². The molecule has 0 saturated heterocycles. The molecule has 0 saturated carbocycles. The van der Waals surface area contributed by atoms with E-state index in [0.29, 0.717) is 30.8 Å². The number of nitrogens with two attached hydrogens (primary N) is 1. The lowest BCUT2D eigenvalue weighted by Crippen LogP contribution is -2.23. The lowest BCUT2D eigenvalue weighted by atomic mass is 10.2. The average molecular weight is 286 g/mol. The number of amides is 1. The number of carbonyl (C=O) groups excluding carboxylic acids is 1. The van der Waals surface area contributed by atoms with Gasteiger partial charge in [-0.15, -0.1) is 0 Å². The number of hydrogen-bond donors (Lipinski definition) is 2. The molecule has 1 aromatic heterocycles. The Balaban J connectivity index is 1.85. The Bertz CT molecular complexity index is 694. The number of nitrogen functional groups attached to an aromatic ring is 1. The molecule has 0 unspecified atom stereocenters. The molecule has 110 valence electrons. The number of aryl methyl sites for hydroxylation is 2. The third-order valence-electron chi connectivity index (χ3n) is 3.01. The van der Waals surface area contributed by atoms with E-state index in [9.17, 15) is 9.59 Å². The molecule has 2 aromatic rings. The molecule has 0 aliphatic carbocycles. The summed E-state index contributed by atoms with van der Waals surface area (Å²) < 4.78 is 1.36. The molecule has 0 aliphatic heterocycles. The summed E-state index contributed by atoms with van der Waals surface area (Å²) in [7, 11) is 0. The molecular weight excluding hydrogens is 268 g/mol. The smallest absolute Gasteiger partial charge is 0.266 e. The van der Waals surface area contributed by atoms with Crippen molar-refractivity contribution in [2.45, 2.75) is 26.3 Å². The summed E-state index contributed by atoms with van der Waals surface area (Å²) in [4.78, 5) is 23.5. The second-order valence-electron chi connectivity index (χ2n) is 4.83. The second-order valence-corrected chi connectivity index (χ2v) is 4.83. The molecule has 6 heteroatoms. The quantitative estimate of drug-likeness (QED) is 0.816. The maximum Gasteiger partial charge on any atom is 0.266 e. The van der Waals surface area contributed by atoms with Gasteiger partial charge < -0.3 is 11.1 Å². The Hall–Kier alpha value is -2.63. The van der Waals surface area contributed by atoms with Crippen molar-refractivity contribution in [3.8, 4) is 0 Å². The largest absolute Gasteiger partial charge is 0.397 e. The van der Waals surface area contributed by atoms with Crippen LogP contribution in [0.1, 0.15) is 18.4 Å². The first-order chi connectivity index (χ1) is 10.1. The van der Waals surface area contributed by atoms with Crippen LogP contribution in [0.3, 0.4) is 0 Å². The van der Waals surface area contributed by atoms with Gasteiger partial charge >= 0.3 is 0 Å². The minimum Gasteiger partial charge on any atom is -0.397 e. The standard InChI is InChI=1S/C15H18N4O2/c1-11-9-15(21)19(17-10-11)8-4-7-14(20)18-13-6-3-2-5-12(13)16/h2-3,5-6,9-10H,4,7-8,16H2,1H3,(H,18,20). The van der Waals surface area contributed by atoms with Gasteiger partial charge in [-0.25, -0.2) is 4.68 Å². The number of aromatic nitrogens is 2. The third kappa shape index (κ3) is 4.17. The predicted molar refractivity (Wildman–Crippen MR) is 82.0 cm³/mol. The SMILES string of the molecule is Cc1cnn(CCCC(=O)Nc2ccccc2N)c(=O)c1. The van der Waals surface area contributed by atoms with Crippen LogP contribution in [0.25, 0.3) is 0 Å². The summed E-state index contributed by atoms with van der Waals surface area (Å²) in [5, 5.41) is 6.77. The molecule has 0 fully saturated rings. The van der Waals surface area contributed by atoms with E-state index in [0.717, 1.165) is 5.56 Å². The van der Waals surface area contributed by atoms with Gasteiger partial charge in [0, 0.05) is 19.0 Å². The maximum absolute atomic E-state index is 11.8. The van der Waals surface area contributed by atoms with Gasteiger partial charge in [-0.3, -0.25) is 9.59 Å². The van der Waals surface area contributed by atoms with Crippen molar-refractivity contribution < 1.29 is 4.79 Å². The Morgan fingerprint density at radius 3 is 2.86 bits per heavy atom. The number of nitrogens with zero attached hydrogens (tertiary/aromatic N) is 2. The fourth-order valence-electron chi connectivity index (χ4n) is 1.91. The highest BCUT2D eigenvalue weighted by molar-refractivity contribution is 5.93. The minimum atomic E-state index is -0.150. The summed E-state index contributed by atoms with van der Waals surface area (Å²) in [5.74, 6) is -0.131. The summed E-state index contributed by atoms with van der Waals surface area (Å²) in [6.07, 6.45) is 2.47. The highest BCUT2D eigenvalue weighted by Gasteiger charge is 2.05. The molecule has 1 amide bonds. The van der Waals surface area contributed by atoms with Crippen LogP contribution < -0.4 is 16.6 Å². The number of rotatable bonds is 5. The number of nitrogens with one attached hydrogen (secondary N) is 1. The molecule has 0 bridgehead atoms. The molecule has 0 atom stereocenters. The fourth-order valence-corrected chi connectivity index (χ4v) is 1.91. The van der Waals surface area contributed by atoms with E-state index >= 15 is 0 Å². The van der Waals surface area contributed by atoms with Crippen LogP contribution in [0, 0.1) is 6.92 Å². The minimum absolute atomic E-state index is 0.131. The van der Waals surface area contributed by atoms with Crippen LogP contribution in [0.15, 0.2) is 41.3 Å². The third-order valence-corrected chi connectivity index (χ3v) is 3.01. The normalized spacial score (nSPS) is 10.3. The number of para-hydroxylation sites is 2. The molecule has 21 heavy (non-hydrogen) atoms. The van der Waals surface area contributed by atoms with Gasteiger partial charge in [0.05, 0.1) is 17.6 Å². The molecule has 6 nitrogen and oxygen atoms in total. The van der Waals surface area contributed by atoms with Crippen LogP contribution >= 0.6 is 0 Å². The summed E-state index contributed by atoms with van der Waals surface area (Å²) in [6.45, 7) is 2.23. The molecule has 0 aliphatic rings. The topological polar surface area (TPSA) is 90.0 Å². The highest BCUT2D eigenvalue weighted by atomic mass is 16.1. The maximum atomic E-state index is 11.8. The van der Waals surface area contributed by atoms with Gasteiger partial charge in [0.15, 0.2) is 0 Å². The monoisotopic (exact) mass is 286 g/mol. The van der Waals surface area contributed by atoms with E-state index in [1.54, 1.807) is 24.4 Å². The highest BCUT2D eigenvalue weighted by Crippen LogP contribution is 2.16. The number of anilines is 2. The Labute approximate surface area is 122 Å². The van der Waals surface area contributed by atoms with E-state index in [4.69, 9.17) is 5.73 Å². The molecule has 1 heterocycles. The molecular formula is C15H18N4O2. The summed E-state index contributed by atoms with van der Waals surface area (Å²) in [5.41, 5.74) is 7.56. The van der Waals surface area contributed by atoms with Crippen molar-refractivity contribution in [1.29, 1.82) is 0 Å². The number of hydrogen-bond acceptors (Lipinski definition) is 4. The first-order valence-corrected chi connectivity index (χ1v) is 6.74. The van der Waals surface area contributed by atoms with Crippen LogP contribution in [0.2, 0.25) is 0 Å². The first kappa shape index (κ1) is 14.8. The molecule has 0 radical (unpaired) electrons. The predicted octanol–water partition coefficient (Wildman–Crippen LogP) is 1.55. The zero-order valence-corrected chi connectivity index (χ0v) is 11.9. The van der Waals surface area contributed by atoms with E-state index in [-0.39, 0.29) is 11.5 Å². The van der Waals surface area contributed by atoms with Crippen LogP contribution in [0.4, 0.5) is 11.4 Å². The van der Waals surface area contributed by atoms with Gasteiger partial charge in [-0.05, 0) is 31.0 Å². The zero-order valence-electron chi connectivity index (χ0n) is 11.9. The van der Waals surface area contributed by atoms with Crippen molar-refractivity contribution in [1.82, 2.24) is 9.78 Å². The van der Waals surface area contributed by atoms with Crippen molar-refractivity contribution in [2.75, 3.05) is 11.1 Å². The van der Waals surface area contributed by atoms with E-state index in [1.165, 1.54) is 10.7 Å². The number of benzene rings is 1. The van der Waals surface area contributed by atoms with Gasteiger partial charge in [-0.2, -0.15) is 5.10 Å². The average Bonchev–Trinajstić information content (AvgIpc) is 2.44. The molecule has 2 rings (SSSR count). The van der Waals surface area contributed by atoms with Crippen LogP contribution in [-0.4, -0.2) is 15.7 Å². The van der Waals surface area contributed by atoms with E-state index < -0.39 is 0 Å². The second kappa shape index (κ2) is 6.69. The van der Waals surface area contributed by atoms with Gasteiger partial charge in [0.25, 0.3) is 5.56 Å². The Kier molecular flexibility index (Phi) is 4.71. The van der Waals surface area contributed by atoms with E-state index in [1.807, 2.05) is 13.0 Å². The van der Waals surface area contributed by atoms with Crippen molar-refractivity contribution >= 4 is 17.3 Å². The summed E-state index contributed by atoms with van der Waals surface area (Å²) >= 11 is 0. The lowest BCUT2D eigenvalue weighted by molar-refractivity contribution is -0.116. The number of carbonyl (C=O) groups is 1. The first-order valence-electron chi connectivity index (χ1n) is 6.74. The summed E-state index contributed by atoms with van der Waals surface area (Å²) in [6, 6.07) is 8.62. The lowest BCUT2D eigenvalue weighted by Gasteiger charge is -2.08. The van der Waals surface area contributed by atoms with Crippen molar-refractivity contribution in [3.63, 3.8) is 0 Å². The van der Waals surface area contributed by atoms with Crippen LogP contribution in [0.5, 0.6) is 0 Å². The van der Waals surface area contributed by atoms with Gasteiger partial charge in [0.2, 0.25) is 5.91 Å². The Morgan fingerprint density at radius 2 is 2.14 bits per heavy atom. The fraction of sp³-hybridized carbons (Fsp3) is 0.267. The van der Waals surface area contributed by atoms with Gasteiger partial charge in [-0.1, -0.05) is 12.1 Å². The molecule has 3 N–H and O–H groups in total. The van der Waals surface area contributed by atoms with Crippen LogP contribution in [-0.2, 0) is 11.3 Å². The van der Waals surface area contributed by atoms with Crippen molar-refractivity contribution in [3.05, 3.63) is 52.4 Å². The zero-order chi connectivity index (χ0) is 15.2. The van der Waals surface area contributed by atoms with Crippen molar-refractivity contribution in [2.24, 2.45) is 0 Å².